The molecule has 1 aliphatic rings. The standard InChI is InChI=1S/C23H26N4O/c1-26(21-14-12-20(13-15-21)19-10-6-3-7-11-19)23(28)22-17-27(25-24-22)16-18-8-4-2-5-9-18/h2-11,17,20-21H,12-16H2,1H3. The Bertz CT molecular complexity index is 899. The first-order valence-corrected chi connectivity index (χ1v) is 9.97. The third-order valence-corrected chi connectivity index (χ3v) is 5.78. The first kappa shape index (κ1) is 18.4. The Labute approximate surface area is 166 Å². The van der Waals surface area contributed by atoms with Crippen LogP contribution in [0.3, 0.4) is 0 Å². The van der Waals surface area contributed by atoms with Gasteiger partial charge in [0.15, 0.2) is 5.69 Å². The van der Waals surface area contributed by atoms with Gasteiger partial charge in [0.1, 0.15) is 0 Å². The van der Waals surface area contributed by atoms with Crippen molar-refractivity contribution in [3.63, 3.8) is 0 Å². The van der Waals surface area contributed by atoms with Crippen LogP contribution < -0.4 is 0 Å². The van der Waals surface area contributed by atoms with Crippen LogP contribution in [0.5, 0.6) is 0 Å². The Morgan fingerprint density at radius 1 is 1.00 bits per heavy atom. The Morgan fingerprint density at radius 3 is 2.32 bits per heavy atom. The first-order chi connectivity index (χ1) is 13.7. The van der Waals surface area contributed by atoms with E-state index in [0.717, 1.165) is 31.2 Å². The van der Waals surface area contributed by atoms with Crippen molar-refractivity contribution in [2.24, 2.45) is 0 Å². The largest absolute Gasteiger partial charge is 0.337 e. The van der Waals surface area contributed by atoms with Gasteiger partial charge in [0.25, 0.3) is 5.91 Å². The molecule has 0 aliphatic heterocycles. The summed E-state index contributed by atoms with van der Waals surface area (Å²) >= 11 is 0. The fraction of sp³-hybridized carbons (Fsp3) is 0.348. The molecule has 2 aromatic carbocycles. The minimum absolute atomic E-state index is 0.0394. The van der Waals surface area contributed by atoms with Gasteiger partial charge in [-0.05, 0) is 42.7 Å². The van der Waals surface area contributed by atoms with E-state index in [1.807, 2.05) is 42.3 Å². The third-order valence-electron chi connectivity index (χ3n) is 5.78. The first-order valence-electron chi connectivity index (χ1n) is 9.97. The summed E-state index contributed by atoms with van der Waals surface area (Å²) in [5, 5.41) is 8.24. The van der Waals surface area contributed by atoms with E-state index in [9.17, 15) is 4.79 Å². The summed E-state index contributed by atoms with van der Waals surface area (Å²) < 4.78 is 1.72. The van der Waals surface area contributed by atoms with Crippen LogP contribution in [0.25, 0.3) is 0 Å². The predicted molar refractivity (Wildman–Crippen MR) is 109 cm³/mol. The maximum Gasteiger partial charge on any atom is 0.276 e. The van der Waals surface area contributed by atoms with Crippen LogP contribution in [-0.4, -0.2) is 38.9 Å². The van der Waals surface area contributed by atoms with E-state index in [2.05, 4.69) is 40.6 Å². The van der Waals surface area contributed by atoms with Gasteiger partial charge in [0, 0.05) is 13.1 Å². The normalized spacial score (nSPS) is 19.3. The molecule has 1 fully saturated rings. The quantitative estimate of drug-likeness (QED) is 0.675. The van der Waals surface area contributed by atoms with Gasteiger partial charge in [-0.3, -0.25) is 4.79 Å². The van der Waals surface area contributed by atoms with Crippen LogP contribution >= 0.6 is 0 Å². The SMILES string of the molecule is CN(C(=O)c1cn(Cc2ccccc2)nn1)C1CCC(c2ccccc2)CC1. The Balaban J connectivity index is 1.35. The fourth-order valence-electron chi connectivity index (χ4n) is 4.11. The monoisotopic (exact) mass is 374 g/mol. The van der Waals surface area contributed by atoms with E-state index in [0.29, 0.717) is 18.2 Å². The highest BCUT2D eigenvalue weighted by molar-refractivity contribution is 5.91. The molecular formula is C23H26N4O. The highest BCUT2D eigenvalue weighted by Gasteiger charge is 2.28. The molecule has 0 bridgehead atoms. The number of carbonyl (C=O) groups is 1. The topological polar surface area (TPSA) is 51.0 Å². The number of hydrogen-bond donors (Lipinski definition) is 0. The summed E-state index contributed by atoms with van der Waals surface area (Å²) in [6.07, 6.45) is 6.04. The van der Waals surface area contributed by atoms with E-state index in [-0.39, 0.29) is 11.9 Å². The van der Waals surface area contributed by atoms with E-state index in [4.69, 9.17) is 0 Å². The predicted octanol–water partition coefficient (Wildman–Crippen LogP) is 4.12. The Morgan fingerprint density at radius 2 is 1.64 bits per heavy atom. The highest BCUT2D eigenvalue weighted by Crippen LogP contribution is 2.34. The van der Waals surface area contributed by atoms with Gasteiger partial charge in [0.05, 0.1) is 12.7 Å². The highest BCUT2D eigenvalue weighted by atomic mass is 16.2. The van der Waals surface area contributed by atoms with E-state index in [1.54, 1.807) is 10.9 Å². The van der Waals surface area contributed by atoms with Crippen molar-refractivity contribution in [2.45, 2.75) is 44.2 Å². The Hall–Kier alpha value is -2.95. The third kappa shape index (κ3) is 4.14. The molecule has 5 heteroatoms. The van der Waals surface area contributed by atoms with Crippen LogP contribution in [0.1, 0.15) is 53.2 Å². The summed E-state index contributed by atoms with van der Waals surface area (Å²) in [4.78, 5) is 14.7. The van der Waals surface area contributed by atoms with Crippen molar-refractivity contribution in [3.8, 4) is 0 Å². The molecular weight excluding hydrogens is 348 g/mol. The average molecular weight is 374 g/mol. The van der Waals surface area contributed by atoms with Crippen LogP contribution in [0.15, 0.2) is 66.9 Å². The van der Waals surface area contributed by atoms with Gasteiger partial charge >= 0.3 is 0 Å². The van der Waals surface area contributed by atoms with Crippen LogP contribution in [-0.2, 0) is 6.54 Å². The molecule has 0 spiro atoms. The number of nitrogens with zero attached hydrogens (tertiary/aromatic N) is 4. The zero-order chi connectivity index (χ0) is 19.3. The molecule has 1 aliphatic carbocycles. The molecule has 5 nitrogen and oxygen atoms in total. The molecule has 0 radical (unpaired) electrons. The molecule has 0 atom stereocenters. The molecule has 3 aromatic rings. The maximum absolute atomic E-state index is 12.9. The van der Waals surface area contributed by atoms with Crippen molar-refractivity contribution in [1.82, 2.24) is 19.9 Å². The van der Waals surface area contributed by atoms with Crippen molar-refractivity contribution in [2.75, 3.05) is 7.05 Å². The molecule has 0 unspecified atom stereocenters. The van der Waals surface area contributed by atoms with Gasteiger partial charge in [-0.2, -0.15) is 0 Å². The summed E-state index contributed by atoms with van der Waals surface area (Å²) in [6, 6.07) is 21.0. The summed E-state index contributed by atoms with van der Waals surface area (Å²) in [5.74, 6) is 0.565. The second-order valence-corrected chi connectivity index (χ2v) is 7.62. The number of rotatable bonds is 5. The molecule has 1 heterocycles. The minimum Gasteiger partial charge on any atom is -0.337 e. The lowest BCUT2D eigenvalue weighted by molar-refractivity contribution is 0.0683. The van der Waals surface area contributed by atoms with Gasteiger partial charge in [-0.25, -0.2) is 4.68 Å². The fourth-order valence-corrected chi connectivity index (χ4v) is 4.11. The number of benzene rings is 2. The Kier molecular flexibility index (Phi) is 5.51. The molecule has 4 rings (SSSR count). The van der Waals surface area contributed by atoms with Crippen molar-refractivity contribution >= 4 is 5.91 Å². The van der Waals surface area contributed by atoms with Crippen LogP contribution in [0, 0.1) is 0 Å². The number of aromatic nitrogens is 3. The van der Waals surface area contributed by atoms with Crippen LogP contribution in [0.2, 0.25) is 0 Å². The lowest BCUT2D eigenvalue weighted by Gasteiger charge is -2.34. The zero-order valence-electron chi connectivity index (χ0n) is 16.2. The van der Waals surface area contributed by atoms with Gasteiger partial charge in [0.2, 0.25) is 0 Å². The molecule has 28 heavy (non-hydrogen) atoms. The summed E-state index contributed by atoms with van der Waals surface area (Å²) in [7, 11) is 1.89. The second kappa shape index (κ2) is 8.38. The van der Waals surface area contributed by atoms with E-state index in [1.165, 1.54) is 5.56 Å². The minimum atomic E-state index is -0.0394. The van der Waals surface area contributed by atoms with Crippen LogP contribution in [0.4, 0.5) is 0 Å². The number of amides is 1. The molecule has 1 saturated carbocycles. The van der Waals surface area contributed by atoms with E-state index >= 15 is 0 Å². The van der Waals surface area contributed by atoms with Gasteiger partial charge < -0.3 is 4.90 Å². The summed E-state index contributed by atoms with van der Waals surface area (Å²) in [6.45, 7) is 0.618. The molecule has 144 valence electrons. The van der Waals surface area contributed by atoms with E-state index < -0.39 is 0 Å². The van der Waals surface area contributed by atoms with Crippen molar-refractivity contribution in [1.29, 1.82) is 0 Å². The lowest BCUT2D eigenvalue weighted by atomic mass is 9.81. The average Bonchev–Trinajstić information content (AvgIpc) is 3.22. The number of carbonyl (C=O) groups excluding carboxylic acids is 1. The molecule has 0 saturated heterocycles. The summed E-state index contributed by atoms with van der Waals surface area (Å²) in [5.41, 5.74) is 2.97. The smallest absolute Gasteiger partial charge is 0.276 e. The van der Waals surface area contributed by atoms with Gasteiger partial charge in [-0.15, -0.1) is 5.10 Å². The lowest BCUT2D eigenvalue weighted by Crippen LogP contribution is -2.39. The van der Waals surface area contributed by atoms with Crippen molar-refractivity contribution in [3.05, 3.63) is 83.7 Å². The maximum atomic E-state index is 12.9. The van der Waals surface area contributed by atoms with Gasteiger partial charge in [-0.1, -0.05) is 65.9 Å². The molecule has 1 amide bonds. The molecule has 0 N–H and O–H groups in total. The number of hydrogen-bond acceptors (Lipinski definition) is 3. The molecule has 1 aromatic heterocycles. The van der Waals surface area contributed by atoms with Crippen molar-refractivity contribution < 1.29 is 4.79 Å². The second-order valence-electron chi connectivity index (χ2n) is 7.62. The zero-order valence-corrected chi connectivity index (χ0v) is 16.2.